The number of fused-ring (bicyclic) bond motifs is 2. The Morgan fingerprint density at radius 2 is 1.80 bits per heavy atom. The average molecular weight is 723 g/mol. The van der Waals surface area contributed by atoms with Crippen LogP contribution in [0.4, 0.5) is 8.78 Å². The second-order valence-corrected chi connectivity index (χ2v) is 17.0. The molecule has 1 aromatic carbocycles. The SMILES string of the molecule is CCOP(=O)(O)C(F)(F)c1ccc2sc(C(=O)N[C@H]3CN(C(C)=O)CC[C@H]4CC[C@@H](C(=O)N5CCC6(CCCCCC6)C5)N4C3=O)cc2c1. The third-order valence-corrected chi connectivity index (χ3v) is 13.6. The number of benzene rings is 1. The summed E-state index contributed by atoms with van der Waals surface area (Å²) < 4.78 is 47.0. The maximum Gasteiger partial charge on any atom is 0.401 e. The molecule has 4 aliphatic rings. The van der Waals surface area contributed by atoms with E-state index >= 15 is 0 Å². The zero-order valence-electron chi connectivity index (χ0n) is 28.0. The topological polar surface area (TPSA) is 137 Å². The molecular formula is C34H45F2N4O7PS. The fourth-order valence-electron chi connectivity index (χ4n) is 8.22. The van der Waals surface area contributed by atoms with Gasteiger partial charge in [-0.1, -0.05) is 31.7 Å². The number of alkyl halides is 2. The molecular weight excluding hydrogens is 677 g/mol. The normalized spacial score (nSPS) is 25.9. The fraction of sp³-hybridized carbons (Fsp3) is 0.647. The van der Waals surface area contributed by atoms with E-state index in [0.717, 1.165) is 42.7 Å². The summed E-state index contributed by atoms with van der Waals surface area (Å²) >= 11 is 1.02. The van der Waals surface area contributed by atoms with Crippen molar-refractivity contribution in [2.45, 2.75) is 102 Å². The summed E-state index contributed by atoms with van der Waals surface area (Å²) in [4.78, 5) is 69.7. The molecule has 1 aromatic heterocycles. The lowest BCUT2D eigenvalue weighted by Gasteiger charge is -2.39. The fourth-order valence-corrected chi connectivity index (χ4v) is 10.1. The van der Waals surface area contributed by atoms with Gasteiger partial charge in [0, 0.05) is 49.4 Å². The third kappa shape index (κ3) is 7.03. The predicted octanol–water partition coefficient (Wildman–Crippen LogP) is 5.46. The molecule has 4 atom stereocenters. The molecule has 1 aliphatic carbocycles. The van der Waals surface area contributed by atoms with Crippen molar-refractivity contribution in [3.8, 4) is 0 Å². The zero-order valence-corrected chi connectivity index (χ0v) is 29.7. The highest BCUT2D eigenvalue weighted by molar-refractivity contribution is 7.53. The van der Waals surface area contributed by atoms with Crippen molar-refractivity contribution < 1.29 is 41.9 Å². The molecule has 4 amide bonds. The van der Waals surface area contributed by atoms with Gasteiger partial charge in [0.05, 0.1) is 11.5 Å². The zero-order chi connectivity index (χ0) is 35.1. The molecule has 4 fully saturated rings. The molecule has 3 aliphatic heterocycles. The van der Waals surface area contributed by atoms with Crippen LogP contribution in [-0.4, -0.2) is 94.1 Å². The van der Waals surface area contributed by atoms with E-state index < -0.39 is 42.7 Å². The van der Waals surface area contributed by atoms with Gasteiger partial charge in [0.25, 0.3) is 5.91 Å². The summed E-state index contributed by atoms with van der Waals surface area (Å²) in [5.41, 5.74) is -4.74. The van der Waals surface area contributed by atoms with E-state index in [0.29, 0.717) is 43.6 Å². The molecule has 4 heterocycles. The summed E-state index contributed by atoms with van der Waals surface area (Å²) in [6.07, 6.45) is 9.73. The highest BCUT2D eigenvalue weighted by atomic mass is 32.1. The van der Waals surface area contributed by atoms with Gasteiger partial charge < -0.3 is 29.4 Å². The van der Waals surface area contributed by atoms with Crippen molar-refractivity contribution in [2.75, 3.05) is 32.8 Å². The molecule has 49 heavy (non-hydrogen) atoms. The Bertz CT molecular complexity index is 1660. The number of rotatable bonds is 7. The van der Waals surface area contributed by atoms with Gasteiger partial charge in [-0.25, -0.2) is 0 Å². The summed E-state index contributed by atoms with van der Waals surface area (Å²) in [6.45, 7) is 4.08. The number of amides is 4. The number of thiophene rings is 1. The van der Waals surface area contributed by atoms with Crippen LogP contribution in [0.3, 0.4) is 0 Å². The summed E-state index contributed by atoms with van der Waals surface area (Å²) in [7, 11) is -5.31. The summed E-state index contributed by atoms with van der Waals surface area (Å²) in [6, 6.07) is 2.78. The highest BCUT2D eigenvalue weighted by Gasteiger charge is 2.53. The first-order valence-corrected chi connectivity index (χ1v) is 19.7. The van der Waals surface area contributed by atoms with Crippen LogP contribution in [0.2, 0.25) is 0 Å². The minimum atomic E-state index is -5.31. The van der Waals surface area contributed by atoms with E-state index in [9.17, 15) is 37.4 Å². The number of carbonyl (C=O) groups is 4. The molecule has 6 rings (SSSR count). The van der Waals surface area contributed by atoms with Gasteiger partial charge in [-0.05, 0) is 74.4 Å². The number of nitrogens with one attached hydrogen (secondary N) is 1. The summed E-state index contributed by atoms with van der Waals surface area (Å²) in [5.74, 6) is -1.32. The number of halogens is 2. The molecule has 1 saturated carbocycles. The van der Waals surface area contributed by atoms with Gasteiger partial charge in [-0.3, -0.25) is 23.7 Å². The number of hydrogen-bond donors (Lipinski definition) is 2. The van der Waals surface area contributed by atoms with Crippen LogP contribution in [0.15, 0.2) is 24.3 Å². The van der Waals surface area contributed by atoms with Gasteiger partial charge >= 0.3 is 13.3 Å². The van der Waals surface area contributed by atoms with E-state index in [1.165, 1.54) is 56.6 Å². The minimum absolute atomic E-state index is 0.0417. The first kappa shape index (κ1) is 35.9. The van der Waals surface area contributed by atoms with Crippen LogP contribution in [0.5, 0.6) is 0 Å². The highest BCUT2D eigenvalue weighted by Crippen LogP contribution is 2.63. The maximum absolute atomic E-state index is 14.9. The lowest BCUT2D eigenvalue weighted by atomic mass is 9.80. The maximum atomic E-state index is 14.9. The molecule has 2 aromatic rings. The van der Waals surface area contributed by atoms with Crippen molar-refractivity contribution in [2.24, 2.45) is 5.41 Å². The number of hydrogen-bond acceptors (Lipinski definition) is 7. The molecule has 3 saturated heterocycles. The lowest BCUT2D eigenvalue weighted by molar-refractivity contribution is -0.148. The van der Waals surface area contributed by atoms with Crippen LogP contribution in [0.25, 0.3) is 10.1 Å². The Kier molecular flexibility index (Phi) is 10.3. The second-order valence-electron chi connectivity index (χ2n) is 14.0. The molecule has 11 nitrogen and oxygen atoms in total. The predicted molar refractivity (Wildman–Crippen MR) is 180 cm³/mol. The Balaban J connectivity index is 1.22. The van der Waals surface area contributed by atoms with Crippen LogP contribution >= 0.6 is 18.9 Å². The standard InChI is InChI=1S/C34H45F2N4O7PS/c1-3-47-48(45,46)34(35,36)24-8-11-28-23(18-24)19-29(49-28)30(42)37-26-20-38(22(2)41)16-12-25-9-10-27(40(25)31(26)43)32(44)39-17-15-33(21-39)13-6-4-5-7-14-33/h8,11,18-19,25-27H,3-7,9-10,12-17,20-21H2,1-2H3,(H,37,42)(H,45,46)/t25-,26+,27+/m1/s1. The Hall–Kier alpha value is -2.93. The van der Waals surface area contributed by atoms with Gasteiger partial charge in [-0.2, -0.15) is 8.78 Å². The average Bonchev–Trinajstić information content (AvgIpc) is 3.74. The monoisotopic (exact) mass is 722 g/mol. The van der Waals surface area contributed by atoms with Crippen molar-refractivity contribution in [1.82, 2.24) is 20.0 Å². The minimum Gasteiger partial charge on any atom is -0.340 e. The van der Waals surface area contributed by atoms with E-state index in [2.05, 4.69) is 9.84 Å². The molecule has 0 radical (unpaired) electrons. The van der Waals surface area contributed by atoms with Gasteiger partial charge in [0.2, 0.25) is 17.7 Å². The summed E-state index contributed by atoms with van der Waals surface area (Å²) in [5, 5.41) is 3.04. The first-order chi connectivity index (χ1) is 23.2. The van der Waals surface area contributed by atoms with Crippen LogP contribution in [0.1, 0.15) is 93.3 Å². The van der Waals surface area contributed by atoms with Gasteiger partial charge in [0.15, 0.2) is 0 Å². The number of carbonyl (C=O) groups excluding carboxylic acids is 4. The quantitative estimate of drug-likeness (QED) is 0.363. The molecule has 1 unspecified atom stereocenters. The Labute approximate surface area is 288 Å². The van der Waals surface area contributed by atoms with Crippen LogP contribution in [-0.2, 0) is 29.1 Å². The van der Waals surface area contributed by atoms with Crippen molar-refractivity contribution in [3.05, 3.63) is 34.7 Å². The molecule has 0 bridgehead atoms. The van der Waals surface area contributed by atoms with Crippen LogP contribution < -0.4 is 5.32 Å². The van der Waals surface area contributed by atoms with E-state index in [4.69, 9.17) is 0 Å². The Morgan fingerprint density at radius 1 is 1.06 bits per heavy atom. The van der Waals surface area contributed by atoms with E-state index in [-0.39, 0.29) is 46.7 Å². The van der Waals surface area contributed by atoms with Crippen molar-refractivity contribution >= 4 is 52.6 Å². The molecule has 1 spiro atoms. The van der Waals surface area contributed by atoms with Crippen molar-refractivity contribution in [3.63, 3.8) is 0 Å². The molecule has 268 valence electrons. The third-order valence-electron chi connectivity index (χ3n) is 10.9. The molecule has 2 N–H and O–H groups in total. The second kappa shape index (κ2) is 14.0. The van der Waals surface area contributed by atoms with E-state index in [1.54, 1.807) is 4.90 Å². The van der Waals surface area contributed by atoms with E-state index in [1.807, 2.05) is 4.90 Å². The van der Waals surface area contributed by atoms with Gasteiger partial charge in [-0.15, -0.1) is 11.3 Å². The number of nitrogens with zero attached hydrogens (tertiary/aromatic N) is 3. The largest absolute Gasteiger partial charge is 0.401 e. The molecule has 15 heteroatoms. The van der Waals surface area contributed by atoms with Crippen molar-refractivity contribution in [1.29, 1.82) is 0 Å². The van der Waals surface area contributed by atoms with Gasteiger partial charge in [0.1, 0.15) is 12.1 Å². The first-order valence-electron chi connectivity index (χ1n) is 17.3. The lowest BCUT2D eigenvalue weighted by Crippen LogP contribution is -2.61. The number of likely N-dealkylation sites (tertiary alicyclic amines) is 1. The smallest absolute Gasteiger partial charge is 0.340 e. The Morgan fingerprint density at radius 3 is 2.49 bits per heavy atom. The van der Waals surface area contributed by atoms with Crippen LogP contribution in [0, 0.1) is 5.41 Å².